The Morgan fingerprint density at radius 3 is 2.78 bits per heavy atom. The number of nitrogens with two attached hydrogens (primary N) is 1. The van der Waals surface area contributed by atoms with E-state index in [1.165, 1.54) is 6.07 Å². The maximum absolute atomic E-state index is 11.0. The fourth-order valence-electron chi connectivity index (χ4n) is 1.44. The molecule has 2 heterocycles. The van der Waals surface area contributed by atoms with E-state index in [9.17, 15) is 8.42 Å². The summed E-state index contributed by atoms with van der Waals surface area (Å²) in [6.45, 7) is 2.31. The molecule has 0 amide bonds. The van der Waals surface area contributed by atoms with Crippen LogP contribution < -0.4 is 10.5 Å². The van der Waals surface area contributed by atoms with Crippen molar-refractivity contribution in [2.24, 2.45) is 5.14 Å². The van der Waals surface area contributed by atoms with E-state index in [0.717, 1.165) is 11.3 Å². The molecule has 2 aromatic heterocycles. The van der Waals surface area contributed by atoms with E-state index in [0.29, 0.717) is 12.3 Å². The number of aryl methyl sites for hydroxylation is 1. The topological polar surface area (TPSA) is 98.2 Å². The molecule has 2 rings (SSSR count). The quantitative estimate of drug-likeness (QED) is 0.868. The highest BCUT2D eigenvalue weighted by molar-refractivity contribution is 7.89. The van der Waals surface area contributed by atoms with Crippen LogP contribution in [-0.2, 0) is 16.6 Å². The minimum absolute atomic E-state index is 0.234. The Morgan fingerprint density at radius 1 is 1.39 bits per heavy atom. The minimum Gasteiger partial charge on any atom is -0.446 e. The number of pyridine rings is 1. The molecule has 0 radical (unpaired) electrons. The highest BCUT2D eigenvalue weighted by atomic mass is 32.2. The van der Waals surface area contributed by atoms with Crippen molar-refractivity contribution in [2.75, 3.05) is 5.32 Å². The number of hydrogen-bond donors (Lipinski definition) is 2. The highest BCUT2D eigenvalue weighted by Gasteiger charge is 2.13. The lowest BCUT2D eigenvalue weighted by molar-refractivity contribution is 0.419. The number of anilines is 1. The lowest BCUT2D eigenvalue weighted by Crippen LogP contribution is -2.10. The van der Waals surface area contributed by atoms with Gasteiger partial charge in [0.1, 0.15) is 5.76 Å². The summed E-state index contributed by atoms with van der Waals surface area (Å²) in [6.07, 6.45) is 3.39. The van der Waals surface area contributed by atoms with Crippen molar-refractivity contribution >= 4 is 15.7 Å². The molecule has 2 aromatic rings. The first-order valence-electron chi connectivity index (χ1n) is 5.23. The summed E-state index contributed by atoms with van der Waals surface area (Å²) in [7, 11) is -3.78. The maximum Gasteiger partial charge on any atom is 0.271 e. The zero-order valence-electron chi connectivity index (χ0n) is 9.75. The summed E-state index contributed by atoms with van der Waals surface area (Å²) in [5.74, 6) is 0.488. The molecule has 3 N–H and O–H groups in total. The third-order valence-electron chi connectivity index (χ3n) is 2.41. The lowest BCUT2D eigenvalue weighted by atomic mass is 10.2. The van der Waals surface area contributed by atoms with Gasteiger partial charge < -0.3 is 9.73 Å². The largest absolute Gasteiger partial charge is 0.446 e. The van der Waals surface area contributed by atoms with Crippen molar-refractivity contribution in [3.63, 3.8) is 0 Å². The molecule has 0 spiro atoms. The maximum atomic E-state index is 11.0. The predicted octanol–water partition coefficient (Wildman–Crippen LogP) is 1.24. The second kappa shape index (κ2) is 4.79. The number of furan rings is 1. The summed E-state index contributed by atoms with van der Waals surface area (Å²) >= 11 is 0. The van der Waals surface area contributed by atoms with Gasteiger partial charge in [0, 0.05) is 6.20 Å². The van der Waals surface area contributed by atoms with E-state index >= 15 is 0 Å². The van der Waals surface area contributed by atoms with Crippen LogP contribution in [0, 0.1) is 6.92 Å². The summed E-state index contributed by atoms with van der Waals surface area (Å²) in [4.78, 5) is 3.99. The first kappa shape index (κ1) is 12.6. The van der Waals surface area contributed by atoms with Gasteiger partial charge in [0.15, 0.2) is 0 Å². The second-order valence-electron chi connectivity index (χ2n) is 3.81. The van der Waals surface area contributed by atoms with Gasteiger partial charge in [0.25, 0.3) is 10.0 Å². The molecule has 0 atom stereocenters. The van der Waals surface area contributed by atoms with Gasteiger partial charge in [-0.25, -0.2) is 13.6 Å². The van der Waals surface area contributed by atoms with E-state index in [1.807, 2.05) is 13.0 Å². The van der Waals surface area contributed by atoms with Gasteiger partial charge in [-0.3, -0.25) is 4.98 Å². The molecule has 96 valence electrons. The molecular formula is C11H13N3O3S. The van der Waals surface area contributed by atoms with Crippen LogP contribution in [-0.4, -0.2) is 13.4 Å². The van der Waals surface area contributed by atoms with Gasteiger partial charge in [-0.2, -0.15) is 0 Å². The molecule has 0 saturated heterocycles. The predicted molar refractivity (Wildman–Crippen MR) is 66.4 cm³/mol. The Labute approximate surface area is 105 Å². The van der Waals surface area contributed by atoms with Crippen LogP contribution >= 0.6 is 0 Å². The number of primary sulfonamides is 1. The number of sulfonamides is 1. The number of aromatic nitrogens is 1. The number of nitrogens with one attached hydrogen (secondary N) is 1. The standard InChI is InChI=1S/C11H13N3O3S/c1-8-4-5-13-7-10(8)14-6-9-2-3-11(17-9)18(12,15)16/h2-5,7,14H,6H2,1H3,(H2,12,15,16). The summed E-state index contributed by atoms with van der Waals surface area (Å²) in [6, 6.07) is 4.78. The van der Waals surface area contributed by atoms with Crippen molar-refractivity contribution < 1.29 is 12.8 Å². The average Bonchev–Trinajstić information content (AvgIpc) is 2.76. The normalized spacial score (nSPS) is 11.4. The first-order chi connectivity index (χ1) is 8.47. The van der Waals surface area contributed by atoms with Crippen LogP contribution in [0.2, 0.25) is 0 Å². The van der Waals surface area contributed by atoms with Crippen LogP contribution in [0.5, 0.6) is 0 Å². The van der Waals surface area contributed by atoms with Crippen molar-refractivity contribution in [2.45, 2.75) is 18.6 Å². The minimum atomic E-state index is -3.78. The molecule has 0 fully saturated rings. The lowest BCUT2D eigenvalue weighted by Gasteiger charge is -2.06. The van der Waals surface area contributed by atoms with Gasteiger partial charge >= 0.3 is 0 Å². The van der Waals surface area contributed by atoms with Crippen LogP contribution in [0.1, 0.15) is 11.3 Å². The molecule has 0 aliphatic heterocycles. The van der Waals surface area contributed by atoms with Crippen LogP contribution in [0.3, 0.4) is 0 Å². The van der Waals surface area contributed by atoms with Gasteiger partial charge in [-0.05, 0) is 30.7 Å². The van der Waals surface area contributed by atoms with Gasteiger partial charge in [-0.1, -0.05) is 0 Å². The first-order valence-corrected chi connectivity index (χ1v) is 6.77. The molecular weight excluding hydrogens is 254 g/mol. The van der Waals surface area contributed by atoms with Crippen LogP contribution in [0.15, 0.2) is 40.1 Å². The number of nitrogens with zero attached hydrogens (tertiary/aromatic N) is 1. The Kier molecular flexibility index (Phi) is 3.35. The Bertz CT molecular complexity index is 649. The summed E-state index contributed by atoms with van der Waals surface area (Å²) in [5, 5.41) is 7.82. The number of rotatable bonds is 4. The van der Waals surface area contributed by atoms with E-state index in [-0.39, 0.29) is 5.09 Å². The van der Waals surface area contributed by atoms with Crippen LogP contribution in [0.4, 0.5) is 5.69 Å². The smallest absolute Gasteiger partial charge is 0.271 e. The molecule has 0 aliphatic carbocycles. The summed E-state index contributed by atoms with van der Waals surface area (Å²) < 4.78 is 27.2. The monoisotopic (exact) mass is 267 g/mol. The SMILES string of the molecule is Cc1ccncc1NCc1ccc(S(N)(=O)=O)o1. The summed E-state index contributed by atoms with van der Waals surface area (Å²) in [5.41, 5.74) is 1.91. The second-order valence-corrected chi connectivity index (χ2v) is 5.30. The Hall–Kier alpha value is -1.86. The van der Waals surface area contributed by atoms with E-state index in [1.54, 1.807) is 18.5 Å². The number of hydrogen-bond acceptors (Lipinski definition) is 5. The molecule has 7 heteroatoms. The molecule has 0 aliphatic rings. The fourth-order valence-corrected chi connectivity index (χ4v) is 1.92. The van der Waals surface area contributed by atoms with Gasteiger partial charge in [0.05, 0.1) is 18.4 Å². The zero-order valence-corrected chi connectivity index (χ0v) is 10.6. The third kappa shape index (κ3) is 2.88. The Balaban J connectivity index is 2.08. The van der Waals surface area contributed by atoms with Crippen molar-refractivity contribution in [3.8, 4) is 0 Å². The van der Waals surface area contributed by atoms with Crippen molar-refractivity contribution in [1.29, 1.82) is 0 Å². The van der Waals surface area contributed by atoms with Crippen molar-refractivity contribution in [3.05, 3.63) is 41.9 Å². The molecule has 6 nitrogen and oxygen atoms in total. The fraction of sp³-hybridized carbons (Fsp3) is 0.182. The van der Waals surface area contributed by atoms with Gasteiger partial charge in [0.2, 0.25) is 5.09 Å². The average molecular weight is 267 g/mol. The van der Waals surface area contributed by atoms with E-state index in [4.69, 9.17) is 9.56 Å². The van der Waals surface area contributed by atoms with E-state index < -0.39 is 10.0 Å². The van der Waals surface area contributed by atoms with Crippen molar-refractivity contribution in [1.82, 2.24) is 4.98 Å². The Morgan fingerprint density at radius 2 is 2.17 bits per heavy atom. The molecule has 0 bridgehead atoms. The highest BCUT2D eigenvalue weighted by Crippen LogP contribution is 2.16. The molecule has 0 aromatic carbocycles. The third-order valence-corrected chi connectivity index (χ3v) is 3.19. The van der Waals surface area contributed by atoms with E-state index in [2.05, 4.69) is 10.3 Å². The van der Waals surface area contributed by atoms with Gasteiger partial charge in [-0.15, -0.1) is 0 Å². The molecule has 0 unspecified atom stereocenters. The van der Waals surface area contributed by atoms with Crippen LogP contribution in [0.25, 0.3) is 0 Å². The molecule has 18 heavy (non-hydrogen) atoms. The zero-order chi connectivity index (χ0) is 13.2. The molecule has 0 saturated carbocycles.